The Morgan fingerprint density at radius 1 is 1.50 bits per heavy atom. The zero-order valence-corrected chi connectivity index (χ0v) is 7.94. The van der Waals surface area contributed by atoms with E-state index in [4.69, 9.17) is 20.3 Å². The predicted molar refractivity (Wildman–Crippen MR) is 47.9 cm³/mol. The first kappa shape index (κ1) is 9.89. The lowest BCUT2D eigenvalue weighted by molar-refractivity contribution is -0.156. The molecule has 5 nitrogen and oxygen atoms in total. The van der Waals surface area contributed by atoms with Gasteiger partial charge in [-0.15, -0.1) is 0 Å². The fraction of sp³-hybridized carbons (Fsp3) is 0.889. The van der Waals surface area contributed by atoms with E-state index >= 15 is 0 Å². The Kier molecular flexibility index (Phi) is 2.47. The van der Waals surface area contributed by atoms with Crippen LogP contribution in [0.3, 0.4) is 0 Å². The number of nitrogens with two attached hydrogens (primary N) is 1. The average Bonchev–Trinajstić information content (AvgIpc) is 2.42. The van der Waals surface area contributed by atoms with Crippen LogP contribution in [0.15, 0.2) is 0 Å². The molecule has 1 saturated carbocycles. The van der Waals surface area contributed by atoms with Crippen LogP contribution in [0.2, 0.25) is 0 Å². The van der Waals surface area contributed by atoms with E-state index in [-0.39, 0.29) is 12.2 Å². The van der Waals surface area contributed by atoms with Crippen LogP contribution in [-0.2, 0) is 14.3 Å². The van der Waals surface area contributed by atoms with E-state index in [2.05, 4.69) is 0 Å². The van der Waals surface area contributed by atoms with Crippen molar-refractivity contribution in [2.75, 3.05) is 13.2 Å². The molecule has 2 aliphatic rings. The Hall–Kier alpha value is -0.650. The zero-order valence-electron chi connectivity index (χ0n) is 7.94. The van der Waals surface area contributed by atoms with Gasteiger partial charge in [0.15, 0.2) is 0 Å². The van der Waals surface area contributed by atoms with Gasteiger partial charge in [0.25, 0.3) is 0 Å². The molecule has 2 atom stereocenters. The highest BCUT2D eigenvalue weighted by Crippen LogP contribution is 2.31. The van der Waals surface area contributed by atoms with E-state index in [9.17, 15) is 4.79 Å². The van der Waals surface area contributed by atoms with Crippen LogP contribution in [0, 0.1) is 0 Å². The molecule has 1 heterocycles. The average molecular weight is 201 g/mol. The van der Waals surface area contributed by atoms with Crippen molar-refractivity contribution in [1.29, 1.82) is 0 Å². The molecule has 2 unspecified atom stereocenters. The molecule has 0 aromatic heterocycles. The number of aliphatic carboxylic acids is 1. The van der Waals surface area contributed by atoms with Crippen molar-refractivity contribution >= 4 is 5.97 Å². The molecule has 1 aliphatic carbocycles. The number of hydrogen-bond acceptors (Lipinski definition) is 4. The topological polar surface area (TPSA) is 81.8 Å². The van der Waals surface area contributed by atoms with Gasteiger partial charge in [0.2, 0.25) is 0 Å². The summed E-state index contributed by atoms with van der Waals surface area (Å²) >= 11 is 0. The van der Waals surface area contributed by atoms with Gasteiger partial charge in [-0.3, -0.25) is 4.79 Å². The third-order valence-electron chi connectivity index (χ3n) is 2.92. The van der Waals surface area contributed by atoms with Crippen molar-refractivity contribution in [2.45, 2.75) is 37.0 Å². The van der Waals surface area contributed by atoms with Gasteiger partial charge in [-0.05, 0) is 12.8 Å². The van der Waals surface area contributed by atoms with Gasteiger partial charge in [0, 0.05) is 6.42 Å². The van der Waals surface area contributed by atoms with E-state index in [0.717, 1.165) is 6.42 Å². The summed E-state index contributed by atoms with van der Waals surface area (Å²) in [6.45, 7) is 1.25. The summed E-state index contributed by atoms with van der Waals surface area (Å²) in [5.74, 6) is -0.923. The molecule has 2 rings (SSSR count). The minimum atomic E-state index is -1.07. The highest BCUT2D eigenvalue weighted by Gasteiger charge is 2.43. The summed E-state index contributed by atoms with van der Waals surface area (Å²) in [5.41, 5.74) is 4.64. The fourth-order valence-corrected chi connectivity index (χ4v) is 1.90. The quantitative estimate of drug-likeness (QED) is 0.657. The van der Waals surface area contributed by atoms with Crippen LogP contribution < -0.4 is 5.73 Å². The van der Waals surface area contributed by atoms with Crippen molar-refractivity contribution in [3.8, 4) is 0 Å². The largest absolute Gasteiger partial charge is 0.480 e. The van der Waals surface area contributed by atoms with Crippen LogP contribution in [0.25, 0.3) is 0 Å². The lowest BCUT2D eigenvalue weighted by Gasteiger charge is -2.29. The molecule has 80 valence electrons. The third-order valence-corrected chi connectivity index (χ3v) is 2.92. The van der Waals surface area contributed by atoms with Crippen LogP contribution in [0.4, 0.5) is 0 Å². The summed E-state index contributed by atoms with van der Waals surface area (Å²) in [5, 5.41) is 8.89. The first-order chi connectivity index (χ1) is 6.60. The van der Waals surface area contributed by atoms with Crippen molar-refractivity contribution in [1.82, 2.24) is 0 Å². The first-order valence-electron chi connectivity index (χ1n) is 4.86. The highest BCUT2D eigenvalue weighted by molar-refractivity contribution is 5.78. The van der Waals surface area contributed by atoms with Gasteiger partial charge >= 0.3 is 5.97 Å². The van der Waals surface area contributed by atoms with Gasteiger partial charge in [0.1, 0.15) is 11.6 Å². The molecule has 1 saturated heterocycles. The smallest absolute Gasteiger partial charge is 0.323 e. The molecule has 3 N–H and O–H groups in total. The third kappa shape index (κ3) is 1.75. The van der Waals surface area contributed by atoms with E-state index in [1.165, 1.54) is 0 Å². The molecule has 2 fully saturated rings. The standard InChI is InChI=1S/C9H15NO4/c10-9(8(11)12)2-1-6(3-9)14-7-4-13-5-7/h6-7H,1-5,10H2,(H,11,12). The van der Waals surface area contributed by atoms with Crippen LogP contribution in [0.5, 0.6) is 0 Å². The Bertz CT molecular complexity index is 241. The minimum absolute atomic E-state index is 0.00926. The van der Waals surface area contributed by atoms with Gasteiger partial charge in [-0.1, -0.05) is 0 Å². The molecule has 0 amide bonds. The Labute approximate surface area is 82.2 Å². The molecule has 1 aliphatic heterocycles. The van der Waals surface area contributed by atoms with Gasteiger partial charge in [-0.2, -0.15) is 0 Å². The molecule has 5 heteroatoms. The molecule has 0 aromatic carbocycles. The summed E-state index contributed by atoms with van der Waals surface area (Å²) in [6, 6.07) is 0. The van der Waals surface area contributed by atoms with Crippen LogP contribution >= 0.6 is 0 Å². The number of carboxylic acid groups (broad SMARTS) is 1. The predicted octanol–water partition coefficient (Wildman–Crippen LogP) is -0.264. The van der Waals surface area contributed by atoms with Crippen molar-refractivity contribution < 1.29 is 19.4 Å². The number of carbonyl (C=O) groups is 1. The fourth-order valence-electron chi connectivity index (χ4n) is 1.90. The number of carboxylic acids is 1. The summed E-state index contributed by atoms with van der Waals surface area (Å²) < 4.78 is 10.6. The molecular formula is C9H15NO4. The maximum atomic E-state index is 10.8. The highest BCUT2D eigenvalue weighted by atomic mass is 16.6. The number of hydrogen-bond donors (Lipinski definition) is 2. The summed E-state index contributed by atoms with van der Waals surface area (Å²) in [7, 11) is 0. The monoisotopic (exact) mass is 201 g/mol. The van der Waals surface area contributed by atoms with Gasteiger partial charge in [0.05, 0.1) is 19.3 Å². The number of ether oxygens (including phenoxy) is 2. The lowest BCUT2D eigenvalue weighted by atomic mass is 10.00. The first-order valence-corrected chi connectivity index (χ1v) is 4.86. The minimum Gasteiger partial charge on any atom is -0.480 e. The van der Waals surface area contributed by atoms with Crippen molar-refractivity contribution in [3.63, 3.8) is 0 Å². The molecule has 0 bridgehead atoms. The van der Waals surface area contributed by atoms with Crippen LogP contribution in [0.1, 0.15) is 19.3 Å². The molecular weight excluding hydrogens is 186 g/mol. The second-order valence-corrected chi connectivity index (χ2v) is 4.12. The van der Waals surface area contributed by atoms with Crippen molar-refractivity contribution in [2.24, 2.45) is 5.73 Å². The Balaban J connectivity index is 1.84. The molecule has 14 heavy (non-hydrogen) atoms. The maximum Gasteiger partial charge on any atom is 0.323 e. The van der Waals surface area contributed by atoms with E-state index < -0.39 is 11.5 Å². The van der Waals surface area contributed by atoms with E-state index in [1.54, 1.807) is 0 Å². The second kappa shape index (κ2) is 3.49. The second-order valence-electron chi connectivity index (χ2n) is 4.12. The van der Waals surface area contributed by atoms with Gasteiger partial charge < -0.3 is 20.3 Å². The lowest BCUT2D eigenvalue weighted by Crippen LogP contribution is -2.46. The zero-order chi connectivity index (χ0) is 10.2. The Morgan fingerprint density at radius 2 is 2.21 bits per heavy atom. The van der Waals surface area contributed by atoms with Crippen molar-refractivity contribution in [3.05, 3.63) is 0 Å². The van der Waals surface area contributed by atoms with E-state index in [1.807, 2.05) is 0 Å². The van der Waals surface area contributed by atoms with E-state index in [0.29, 0.717) is 26.1 Å². The normalized spacial score (nSPS) is 38.2. The van der Waals surface area contributed by atoms with Crippen LogP contribution in [-0.4, -0.2) is 42.0 Å². The molecule has 0 spiro atoms. The number of rotatable bonds is 3. The summed E-state index contributed by atoms with van der Waals surface area (Å²) in [4.78, 5) is 10.8. The maximum absolute atomic E-state index is 10.8. The van der Waals surface area contributed by atoms with Gasteiger partial charge in [-0.25, -0.2) is 0 Å². The Morgan fingerprint density at radius 3 is 2.64 bits per heavy atom. The molecule has 0 aromatic rings. The summed E-state index contributed by atoms with van der Waals surface area (Å²) in [6.07, 6.45) is 1.79. The molecule has 0 radical (unpaired) electrons. The SMILES string of the molecule is NC1(C(=O)O)CCC(OC2COC2)C1.